The highest BCUT2D eigenvalue weighted by molar-refractivity contribution is 5.86. The van der Waals surface area contributed by atoms with Gasteiger partial charge in [-0.25, -0.2) is 0 Å². The summed E-state index contributed by atoms with van der Waals surface area (Å²) in [6, 6.07) is 4.08. The van der Waals surface area contributed by atoms with E-state index in [2.05, 4.69) is 30.1 Å². The van der Waals surface area contributed by atoms with Crippen LogP contribution in [0.25, 0.3) is 11.0 Å². The van der Waals surface area contributed by atoms with Gasteiger partial charge in [-0.2, -0.15) is 0 Å². The second-order valence-corrected chi connectivity index (χ2v) is 6.67. The number of hydrogen-bond acceptors (Lipinski definition) is 4. The van der Waals surface area contributed by atoms with Crippen molar-refractivity contribution in [3.8, 4) is 0 Å². The molecule has 0 unspecified atom stereocenters. The Kier molecular flexibility index (Phi) is 4.67. The lowest BCUT2D eigenvalue weighted by atomic mass is 9.91. The van der Waals surface area contributed by atoms with Crippen LogP contribution in [0.4, 0.5) is 5.69 Å². The van der Waals surface area contributed by atoms with E-state index in [1.165, 1.54) is 32.4 Å². The number of aryl methyl sites for hydroxylation is 2. The fourth-order valence-electron chi connectivity index (χ4n) is 3.50. The van der Waals surface area contributed by atoms with Gasteiger partial charge in [0.2, 0.25) is 0 Å². The van der Waals surface area contributed by atoms with Gasteiger partial charge in [-0.1, -0.05) is 18.5 Å². The smallest absolute Gasteiger partial charge is 0.172 e. The van der Waals surface area contributed by atoms with E-state index in [9.17, 15) is 0 Å². The number of anilines is 1. The Morgan fingerprint density at radius 1 is 1.27 bits per heavy atom. The van der Waals surface area contributed by atoms with Gasteiger partial charge in [0.25, 0.3) is 0 Å². The molecule has 0 atom stereocenters. The van der Waals surface area contributed by atoms with E-state index in [4.69, 9.17) is 10.3 Å². The molecule has 0 amide bonds. The van der Waals surface area contributed by atoms with Crippen molar-refractivity contribution in [1.82, 2.24) is 10.1 Å². The Hall–Kier alpha value is -1.55. The Morgan fingerprint density at radius 2 is 2.05 bits per heavy atom. The number of nitrogens with zero attached hydrogens (tertiary/aromatic N) is 2. The van der Waals surface area contributed by atoms with E-state index in [1.807, 2.05) is 6.07 Å². The second-order valence-electron chi connectivity index (χ2n) is 6.67. The van der Waals surface area contributed by atoms with E-state index in [0.29, 0.717) is 0 Å². The summed E-state index contributed by atoms with van der Waals surface area (Å²) >= 11 is 0. The third kappa shape index (κ3) is 3.12. The first-order valence-corrected chi connectivity index (χ1v) is 8.53. The maximum absolute atomic E-state index is 6.09. The molecule has 1 aromatic heterocycles. The molecule has 1 fully saturated rings. The molecule has 2 N–H and O–H groups in total. The summed E-state index contributed by atoms with van der Waals surface area (Å²) in [5.74, 6) is 0.826. The highest BCUT2D eigenvalue weighted by Gasteiger charge is 2.19. The van der Waals surface area contributed by atoms with Gasteiger partial charge in [0.1, 0.15) is 0 Å². The SMILES string of the molecule is CCCc1c(N)ccc2c(CCC3CCN(C)CC3)noc12. The predicted molar refractivity (Wildman–Crippen MR) is 91.0 cm³/mol. The van der Waals surface area contributed by atoms with Crippen molar-refractivity contribution < 1.29 is 4.52 Å². The molecule has 1 aromatic carbocycles. The van der Waals surface area contributed by atoms with Crippen molar-refractivity contribution in [2.24, 2.45) is 5.92 Å². The lowest BCUT2D eigenvalue weighted by Crippen LogP contribution is -2.30. The van der Waals surface area contributed by atoms with E-state index in [1.54, 1.807) is 0 Å². The van der Waals surface area contributed by atoms with Crippen LogP contribution in [0.5, 0.6) is 0 Å². The first-order chi connectivity index (χ1) is 10.7. The third-order valence-corrected chi connectivity index (χ3v) is 4.98. The average molecular weight is 301 g/mol. The first kappa shape index (κ1) is 15.3. The molecule has 0 radical (unpaired) electrons. The molecule has 0 aliphatic carbocycles. The quantitative estimate of drug-likeness (QED) is 0.857. The number of benzene rings is 1. The zero-order valence-corrected chi connectivity index (χ0v) is 13.8. The second kappa shape index (κ2) is 6.69. The largest absolute Gasteiger partial charge is 0.398 e. The van der Waals surface area contributed by atoms with Crippen LogP contribution < -0.4 is 5.73 Å². The summed E-state index contributed by atoms with van der Waals surface area (Å²) in [5, 5.41) is 5.50. The van der Waals surface area contributed by atoms with Crippen molar-refractivity contribution in [3.05, 3.63) is 23.4 Å². The molecular formula is C18H27N3O. The van der Waals surface area contributed by atoms with Crippen molar-refractivity contribution in [3.63, 3.8) is 0 Å². The van der Waals surface area contributed by atoms with E-state index >= 15 is 0 Å². The molecule has 3 rings (SSSR count). The fourth-order valence-corrected chi connectivity index (χ4v) is 3.50. The maximum atomic E-state index is 6.09. The summed E-state index contributed by atoms with van der Waals surface area (Å²) in [6.07, 6.45) is 6.85. The Labute approximate surface area is 132 Å². The van der Waals surface area contributed by atoms with Crippen LogP contribution in [-0.4, -0.2) is 30.2 Å². The lowest BCUT2D eigenvalue weighted by Gasteiger charge is -2.28. The normalized spacial score (nSPS) is 17.4. The topological polar surface area (TPSA) is 55.3 Å². The molecule has 4 nitrogen and oxygen atoms in total. The van der Waals surface area contributed by atoms with Crippen LogP contribution in [0.3, 0.4) is 0 Å². The number of likely N-dealkylation sites (tertiary alicyclic amines) is 1. The van der Waals surface area contributed by atoms with E-state index in [0.717, 1.165) is 53.1 Å². The molecule has 0 saturated carbocycles. The van der Waals surface area contributed by atoms with Crippen molar-refractivity contribution in [1.29, 1.82) is 0 Å². The molecule has 1 saturated heterocycles. The van der Waals surface area contributed by atoms with Gasteiger partial charge < -0.3 is 15.2 Å². The standard InChI is InChI=1S/C18H27N3O/c1-3-4-14-16(19)7-6-15-17(20-22-18(14)15)8-5-13-9-11-21(2)12-10-13/h6-7,13H,3-5,8-12,19H2,1-2H3. The molecule has 120 valence electrons. The molecule has 0 spiro atoms. The highest BCUT2D eigenvalue weighted by atomic mass is 16.5. The average Bonchev–Trinajstić information content (AvgIpc) is 2.93. The molecule has 1 aliphatic rings. The summed E-state index contributed by atoms with van der Waals surface area (Å²) in [5.41, 5.74) is 10.0. The van der Waals surface area contributed by atoms with Crippen LogP contribution in [-0.2, 0) is 12.8 Å². The number of aromatic nitrogens is 1. The third-order valence-electron chi connectivity index (χ3n) is 4.98. The van der Waals surface area contributed by atoms with Gasteiger partial charge >= 0.3 is 0 Å². The van der Waals surface area contributed by atoms with Crippen LogP contribution in [0.2, 0.25) is 0 Å². The Balaban J connectivity index is 1.73. The number of nitrogen functional groups attached to an aromatic ring is 1. The van der Waals surface area contributed by atoms with Crippen molar-refractivity contribution >= 4 is 16.7 Å². The van der Waals surface area contributed by atoms with Crippen LogP contribution >= 0.6 is 0 Å². The first-order valence-electron chi connectivity index (χ1n) is 8.53. The summed E-state index contributed by atoms with van der Waals surface area (Å²) in [6.45, 7) is 4.61. The zero-order valence-electron chi connectivity index (χ0n) is 13.8. The van der Waals surface area contributed by atoms with Gasteiger partial charge in [0.15, 0.2) is 5.58 Å². The minimum absolute atomic E-state index is 0.826. The van der Waals surface area contributed by atoms with Crippen molar-refractivity contribution in [2.75, 3.05) is 25.9 Å². The van der Waals surface area contributed by atoms with Crippen molar-refractivity contribution in [2.45, 2.75) is 45.4 Å². The summed E-state index contributed by atoms with van der Waals surface area (Å²) < 4.78 is 5.63. The maximum Gasteiger partial charge on any atom is 0.172 e. The molecule has 22 heavy (non-hydrogen) atoms. The molecule has 0 bridgehead atoms. The van der Waals surface area contributed by atoms with Gasteiger partial charge in [0, 0.05) is 16.6 Å². The van der Waals surface area contributed by atoms with E-state index < -0.39 is 0 Å². The minimum atomic E-state index is 0.826. The highest BCUT2D eigenvalue weighted by Crippen LogP contribution is 2.30. The van der Waals surface area contributed by atoms with Crippen LogP contribution in [0.1, 0.15) is 43.9 Å². The van der Waals surface area contributed by atoms with E-state index in [-0.39, 0.29) is 0 Å². The van der Waals surface area contributed by atoms with Crippen LogP contribution in [0, 0.1) is 5.92 Å². The van der Waals surface area contributed by atoms with Gasteiger partial charge in [-0.3, -0.25) is 0 Å². The van der Waals surface area contributed by atoms with Gasteiger partial charge in [0.05, 0.1) is 5.69 Å². The Bertz CT molecular complexity index is 627. The summed E-state index contributed by atoms with van der Waals surface area (Å²) in [4.78, 5) is 2.42. The zero-order chi connectivity index (χ0) is 15.5. The molecular weight excluding hydrogens is 274 g/mol. The predicted octanol–water partition coefficient (Wildman–Crippen LogP) is 3.64. The van der Waals surface area contributed by atoms with Gasteiger partial charge in [-0.15, -0.1) is 0 Å². The molecule has 1 aliphatic heterocycles. The van der Waals surface area contributed by atoms with Crippen LogP contribution in [0.15, 0.2) is 16.7 Å². The fraction of sp³-hybridized carbons (Fsp3) is 0.611. The lowest BCUT2D eigenvalue weighted by molar-refractivity contribution is 0.212. The monoisotopic (exact) mass is 301 g/mol. The Morgan fingerprint density at radius 3 is 2.77 bits per heavy atom. The minimum Gasteiger partial charge on any atom is -0.398 e. The number of nitrogens with two attached hydrogens (primary N) is 1. The number of rotatable bonds is 5. The number of hydrogen-bond donors (Lipinski definition) is 1. The number of fused-ring (bicyclic) bond motifs is 1. The summed E-state index contributed by atoms with van der Waals surface area (Å²) in [7, 11) is 2.21. The number of piperidine rings is 1. The molecule has 2 heterocycles. The van der Waals surface area contributed by atoms with Gasteiger partial charge in [-0.05, 0) is 70.3 Å². The molecule has 4 heteroatoms. The molecule has 2 aromatic rings.